The summed E-state index contributed by atoms with van der Waals surface area (Å²) < 4.78 is 10.5. The molecule has 0 amide bonds. The Morgan fingerprint density at radius 1 is 0.962 bits per heavy atom. The van der Waals surface area contributed by atoms with Crippen molar-refractivity contribution in [2.24, 2.45) is 0 Å². The van der Waals surface area contributed by atoms with E-state index in [1.807, 2.05) is 29.6 Å². The van der Waals surface area contributed by atoms with Crippen molar-refractivity contribution in [1.82, 2.24) is 0 Å². The Labute approximate surface area is 155 Å². The molecule has 1 heterocycles. The van der Waals surface area contributed by atoms with E-state index in [2.05, 4.69) is 0 Å². The third-order valence-electron chi connectivity index (χ3n) is 3.62. The fourth-order valence-corrected chi connectivity index (χ4v) is 2.90. The molecule has 0 spiro atoms. The van der Waals surface area contributed by atoms with E-state index in [1.54, 1.807) is 49.6 Å². The first-order chi connectivity index (χ1) is 12.7. The molecule has 0 aliphatic rings. The molecule has 130 valence electrons. The zero-order chi connectivity index (χ0) is 18.4. The SMILES string of the molecule is COc1ccccc1/C=C/C(=O)c1ccc(OC(=O)c2cccs2)cc1. The van der Waals surface area contributed by atoms with Crippen LogP contribution in [0.3, 0.4) is 0 Å². The van der Waals surface area contributed by atoms with Gasteiger partial charge in [-0.3, -0.25) is 4.79 Å². The van der Waals surface area contributed by atoms with Gasteiger partial charge in [-0.15, -0.1) is 11.3 Å². The standard InChI is InChI=1S/C21H16O4S/c1-24-19-6-3-2-5-16(19)10-13-18(22)15-8-11-17(12-9-15)25-21(23)20-7-4-14-26-20/h2-14H,1H3/b13-10+. The number of ketones is 1. The first-order valence-electron chi connectivity index (χ1n) is 7.88. The van der Waals surface area contributed by atoms with Gasteiger partial charge in [-0.05, 0) is 53.9 Å². The summed E-state index contributed by atoms with van der Waals surface area (Å²) in [6, 6.07) is 17.4. The highest BCUT2D eigenvalue weighted by atomic mass is 32.1. The van der Waals surface area contributed by atoms with Gasteiger partial charge < -0.3 is 9.47 Å². The van der Waals surface area contributed by atoms with Gasteiger partial charge in [0, 0.05) is 11.1 Å². The van der Waals surface area contributed by atoms with Gasteiger partial charge in [0.25, 0.3) is 0 Å². The van der Waals surface area contributed by atoms with Crippen molar-refractivity contribution in [2.45, 2.75) is 0 Å². The maximum absolute atomic E-state index is 12.3. The van der Waals surface area contributed by atoms with Crippen molar-refractivity contribution in [2.75, 3.05) is 7.11 Å². The fourth-order valence-electron chi connectivity index (χ4n) is 2.31. The van der Waals surface area contributed by atoms with Crippen LogP contribution in [0.5, 0.6) is 11.5 Å². The topological polar surface area (TPSA) is 52.6 Å². The van der Waals surface area contributed by atoms with Gasteiger partial charge in [-0.25, -0.2) is 4.79 Å². The molecule has 5 heteroatoms. The number of benzene rings is 2. The lowest BCUT2D eigenvalue weighted by atomic mass is 10.1. The van der Waals surface area contributed by atoms with Gasteiger partial charge in [-0.2, -0.15) is 0 Å². The maximum Gasteiger partial charge on any atom is 0.353 e. The molecule has 0 bridgehead atoms. The second-order valence-corrected chi connectivity index (χ2v) is 6.28. The smallest absolute Gasteiger partial charge is 0.353 e. The molecule has 0 fully saturated rings. The summed E-state index contributed by atoms with van der Waals surface area (Å²) >= 11 is 1.32. The Hall–Kier alpha value is -3.18. The predicted octanol–water partition coefficient (Wildman–Crippen LogP) is 4.87. The molecule has 3 aromatic rings. The van der Waals surface area contributed by atoms with E-state index in [-0.39, 0.29) is 5.78 Å². The molecular formula is C21H16O4S. The number of carbonyl (C=O) groups is 2. The lowest BCUT2D eigenvalue weighted by molar-refractivity contribution is 0.0740. The van der Waals surface area contributed by atoms with E-state index < -0.39 is 5.97 Å². The third-order valence-corrected chi connectivity index (χ3v) is 4.47. The number of thiophene rings is 1. The Morgan fingerprint density at radius 2 is 1.73 bits per heavy atom. The quantitative estimate of drug-likeness (QED) is 0.271. The van der Waals surface area contributed by atoms with E-state index in [9.17, 15) is 9.59 Å². The number of hydrogen-bond donors (Lipinski definition) is 0. The lowest BCUT2D eigenvalue weighted by Crippen LogP contribution is -2.06. The van der Waals surface area contributed by atoms with Crippen LogP contribution in [0.1, 0.15) is 25.6 Å². The van der Waals surface area contributed by atoms with Gasteiger partial charge in [0.15, 0.2) is 5.78 Å². The van der Waals surface area contributed by atoms with Gasteiger partial charge in [0.2, 0.25) is 0 Å². The predicted molar refractivity (Wildman–Crippen MR) is 102 cm³/mol. The summed E-state index contributed by atoms with van der Waals surface area (Å²) in [5, 5.41) is 1.81. The zero-order valence-electron chi connectivity index (χ0n) is 14.0. The van der Waals surface area contributed by atoms with Crippen LogP contribution in [-0.4, -0.2) is 18.9 Å². The molecule has 0 N–H and O–H groups in total. The van der Waals surface area contributed by atoms with Crippen molar-refractivity contribution in [3.05, 3.63) is 88.1 Å². The first kappa shape index (κ1) is 17.6. The summed E-state index contributed by atoms with van der Waals surface area (Å²) in [5.41, 5.74) is 1.33. The molecule has 0 unspecified atom stereocenters. The van der Waals surface area contributed by atoms with Crippen molar-refractivity contribution in [3.8, 4) is 11.5 Å². The van der Waals surface area contributed by atoms with Crippen LogP contribution in [0.4, 0.5) is 0 Å². The van der Waals surface area contributed by atoms with Crippen LogP contribution in [0.25, 0.3) is 6.08 Å². The largest absolute Gasteiger partial charge is 0.496 e. The van der Waals surface area contributed by atoms with Crippen LogP contribution in [0.2, 0.25) is 0 Å². The summed E-state index contributed by atoms with van der Waals surface area (Å²) in [6.45, 7) is 0. The Kier molecular flexibility index (Phi) is 5.61. The number of ether oxygens (including phenoxy) is 2. The van der Waals surface area contributed by atoms with E-state index >= 15 is 0 Å². The van der Waals surface area contributed by atoms with Gasteiger partial charge >= 0.3 is 5.97 Å². The molecule has 0 aliphatic heterocycles. The van der Waals surface area contributed by atoms with Crippen LogP contribution < -0.4 is 9.47 Å². The highest BCUT2D eigenvalue weighted by Gasteiger charge is 2.10. The number of allylic oxidation sites excluding steroid dienone is 1. The van der Waals surface area contributed by atoms with Crippen molar-refractivity contribution in [3.63, 3.8) is 0 Å². The van der Waals surface area contributed by atoms with E-state index in [0.717, 1.165) is 5.56 Å². The summed E-state index contributed by atoms with van der Waals surface area (Å²) in [4.78, 5) is 24.7. The minimum absolute atomic E-state index is 0.146. The Bertz CT molecular complexity index is 925. The van der Waals surface area contributed by atoms with Gasteiger partial charge in [0.05, 0.1) is 7.11 Å². The number of rotatable bonds is 6. The Balaban J connectivity index is 1.67. The molecule has 2 aromatic carbocycles. The molecule has 0 saturated carbocycles. The maximum atomic E-state index is 12.3. The second kappa shape index (κ2) is 8.27. The molecule has 3 rings (SSSR count). The van der Waals surface area contributed by atoms with E-state index in [4.69, 9.17) is 9.47 Å². The summed E-state index contributed by atoms with van der Waals surface area (Å²) in [6.07, 6.45) is 3.20. The van der Waals surface area contributed by atoms with Crippen molar-refractivity contribution in [1.29, 1.82) is 0 Å². The highest BCUT2D eigenvalue weighted by molar-refractivity contribution is 7.12. The molecule has 4 nitrogen and oxygen atoms in total. The van der Waals surface area contributed by atoms with Crippen molar-refractivity contribution < 1.29 is 19.1 Å². The molecule has 0 radical (unpaired) electrons. The number of esters is 1. The summed E-state index contributed by atoms with van der Waals surface area (Å²) in [7, 11) is 1.59. The van der Waals surface area contributed by atoms with Crippen LogP contribution >= 0.6 is 11.3 Å². The Morgan fingerprint density at radius 3 is 2.42 bits per heavy atom. The third kappa shape index (κ3) is 4.26. The lowest BCUT2D eigenvalue weighted by Gasteiger charge is -2.04. The average molecular weight is 364 g/mol. The minimum Gasteiger partial charge on any atom is -0.496 e. The molecular weight excluding hydrogens is 348 g/mol. The van der Waals surface area contributed by atoms with Gasteiger partial charge in [-0.1, -0.05) is 24.3 Å². The molecule has 0 aliphatic carbocycles. The van der Waals surface area contributed by atoms with Crippen LogP contribution in [-0.2, 0) is 0 Å². The number of hydrogen-bond acceptors (Lipinski definition) is 5. The second-order valence-electron chi connectivity index (χ2n) is 5.33. The number of para-hydroxylation sites is 1. The van der Waals surface area contributed by atoms with Crippen LogP contribution in [0.15, 0.2) is 72.1 Å². The monoisotopic (exact) mass is 364 g/mol. The number of methoxy groups -OCH3 is 1. The molecule has 0 saturated heterocycles. The fraction of sp³-hybridized carbons (Fsp3) is 0.0476. The molecule has 0 atom stereocenters. The van der Waals surface area contributed by atoms with Crippen LogP contribution in [0, 0.1) is 0 Å². The zero-order valence-corrected chi connectivity index (χ0v) is 14.9. The normalized spacial score (nSPS) is 10.7. The molecule has 1 aromatic heterocycles. The minimum atomic E-state index is -0.407. The van der Waals surface area contributed by atoms with E-state index in [0.29, 0.717) is 21.9 Å². The first-order valence-corrected chi connectivity index (χ1v) is 8.76. The average Bonchev–Trinajstić information content (AvgIpc) is 3.22. The highest BCUT2D eigenvalue weighted by Crippen LogP contribution is 2.20. The molecule has 26 heavy (non-hydrogen) atoms. The van der Waals surface area contributed by atoms with Crippen molar-refractivity contribution >= 4 is 29.2 Å². The summed E-state index contributed by atoms with van der Waals surface area (Å²) in [5.74, 6) is 0.545. The van der Waals surface area contributed by atoms with E-state index in [1.165, 1.54) is 17.4 Å². The number of carbonyl (C=O) groups excluding carboxylic acids is 2. The van der Waals surface area contributed by atoms with Gasteiger partial charge in [0.1, 0.15) is 16.4 Å².